The zero-order chi connectivity index (χ0) is 16.3. The predicted molar refractivity (Wildman–Crippen MR) is 80.2 cm³/mol. The molecule has 2 rings (SSSR count). The first-order chi connectivity index (χ1) is 10.5. The predicted octanol–water partition coefficient (Wildman–Crippen LogP) is 1.76. The first-order valence-corrected chi connectivity index (χ1v) is 6.37. The van der Waals surface area contributed by atoms with E-state index >= 15 is 0 Å². The first kappa shape index (κ1) is 15.5. The Morgan fingerprint density at radius 2 is 2.09 bits per heavy atom. The highest BCUT2D eigenvalue weighted by Gasteiger charge is 2.22. The third-order valence-electron chi connectivity index (χ3n) is 3.22. The molecule has 0 N–H and O–H groups in total. The van der Waals surface area contributed by atoms with Gasteiger partial charge in [0.2, 0.25) is 0 Å². The maximum Gasteiger partial charge on any atom is 0.325 e. The summed E-state index contributed by atoms with van der Waals surface area (Å²) in [5.74, 6) is 0.344. The minimum Gasteiger partial charge on any atom is -0.496 e. The van der Waals surface area contributed by atoms with Crippen LogP contribution in [-0.2, 0) is 9.53 Å². The van der Waals surface area contributed by atoms with Crippen molar-refractivity contribution >= 4 is 28.2 Å². The van der Waals surface area contributed by atoms with Gasteiger partial charge in [0.05, 0.1) is 19.1 Å². The van der Waals surface area contributed by atoms with Crippen molar-refractivity contribution in [2.75, 3.05) is 32.7 Å². The number of hydrogen-bond donors (Lipinski definition) is 0. The number of hydrogen-bond acceptors (Lipinski definition) is 7. The number of carbonyl (C=O) groups excluding carboxylic acids is 1. The molecule has 1 aromatic carbocycles. The normalized spacial score (nSPS) is 10.3. The van der Waals surface area contributed by atoms with Gasteiger partial charge in [-0.3, -0.25) is 14.9 Å². The van der Waals surface area contributed by atoms with Crippen molar-refractivity contribution in [1.29, 1.82) is 0 Å². The van der Waals surface area contributed by atoms with Crippen LogP contribution in [-0.4, -0.2) is 43.7 Å². The summed E-state index contributed by atoms with van der Waals surface area (Å²) in [5.41, 5.74) is -0.101. The van der Waals surface area contributed by atoms with Crippen LogP contribution >= 0.6 is 0 Å². The van der Waals surface area contributed by atoms with Crippen LogP contribution in [0.15, 0.2) is 24.4 Å². The molecule has 0 saturated heterocycles. The smallest absolute Gasteiger partial charge is 0.325 e. The Balaban J connectivity index is 2.68. The third kappa shape index (κ3) is 2.76. The molecule has 8 nitrogen and oxygen atoms in total. The van der Waals surface area contributed by atoms with Crippen LogP contribution in [0.2, 0.25) is 0 Å². The summed E-state index contributed by atoms with van der Waals surface area (Å²) in [7, 11) is 4.37. The van der Waals surface area contributed by atoms with Crippen LogP contribution in [0, 0.1) is 10.1 Å². The number of anilines is 1. The molecular weight excluding hydrogens is 290 g/mol. The number of pyridine rings is 1. The average Bonchev–Trinajstić information content (AvgIpc) is 2.52. The zero-order valence-electron chi connectivity index (χ0n) is 12.4. The topological polar surface area (TPSA) is 94.8 Å². The molecule has 22 heavy (non-hydrogen) atoms. The number of benzene rings is 1. The van der Waals surface area contributed by atoms with Crippen molar-refractivity contribution in [2.24, 2.45) is 0 Å². The molecule has 0 amide bonds. The molecular formula is C14H15N3O5. The van der Waals surface area contributed by atoms with Crippen LogP contribution in [0.3, 0.4) is 0 Å². The van der Waals surface area contributed by atoms with Crippen molar-refractivity contribution in [3.63, 3.8) is 0 Å². The summed E-state index contributed by atoms with van der Waals surface area (Å²) < 4.78 is 9.85. The summed E-state index contributed by atoms with van der Waals surface area (Å²) >= 11 is 0. The molecule has 0 spiro atoms. The lowest BCUT2D eigenvalue weighted by molar-refractivity contribution is -0.383. The number of likely N-dealkylation sites (N-methyl/N-ethyl adjacent to an activating group) is 1. The second kappa shape index (κ2) is 6.25. The summed E-state index contributed by atoms with van der Waals surface area (Å²) in [4.78, 5) is 27.9. The van der Waals surface area contributed by atoms with Crippen molar-refractivity contribution in [3.05, 3.63) is 34.5 Å². The van der Waals surface area contributed by atoms with Gasteiger partial charge in [-0.05, 0) is 12.1 Å². The molecule has 116 valence electrons. The quantitative estimate of drug-likeness (QED) is 0.472. The van der Waals surface area contributed by atoms with Crippen LogP contribution < -0.4 is 9.64 Å². The number of fused-ring (bicyclic) bond motifs is 1. The number of nitro benzene ring substituents is 1. The van der Waals surface area contributed by atoms with Crippen molar-refractivity contribution in [1.82, 2.24) is 4.98 Å². The van der Waals surface area contributed by atoms with Crippen molar-refractivity contribution < 1.29 is 19.2 Å². The molecule has 0 saturated carbocycles. The van der Waals surface area contributed by atoms with Gasteiger partial charge >= 0.3 is 5.97 Å². The molecule has 1 aromatic heterocycles. The number of esters is 1. The fourth-order valence-electron chi connectivity index (χ4n) is 2.19. The van der Waals surface area contributed by atoms with Gasteiger partial charge in [0.15, 0.2) is 0 Å². The summed E-state index contributed by atoms with van der Waals surface area (Å²) in [6.45, 7) is -0.0724. The van der Waals surface area contributed by atoms with Gasteiger partial charge < -0.3 is 14.4 Å². The van der Waals surface area contributed by atoms with E-state index in [1.807, 2.05) is 0 Å². The van der Waals surface area contributed by atoms with Gasteiger partial charge in [0, 0.05) is 24.7 Å². The fourth-order valence-corrected chi connectivity index (χ4v) is 2.19. The van der Waals surface area contributed by atoms with E-state index in [2.05, 4.69) is 9.72 Å². The molecule has 0 bridgehead atoms. The molecule has 0 fully saturated rings. The number of ether oxygens (including phenoxy) is 2. The Labute approximate surface area is 126 Å². The third-order valence-corrected chi connectivity index (χ3v) is 3.22. The number of rotatable bonds is 5. The monoisotopic (exact) mass is 305 g/mol. The highest BCUT2D eigenvalue weighted by Crippen LogP contribution is 2.37. The number of methoxy groups -OCH3 is 2. The van der Waals surface area contributed by atoms with Crippen LogP contribution in [0.1, 0.15) is 0 Å². The second-order valence-electron chi connectivity index (χ2n) is 4.53. The van der Waals surface area contributed by atoms with Crippen LogP contribution in [0.5, 0.6) is 5.75 Å². The Kier molecular flexibility index (Phi) is 4.40. The number of carbonyl (C=O) groups is 1. The molecule has 0 aliphatic rings. The lowest BCUT2D eigenvalue weighted by Gasteiger charge is -2.19. The van der Waals surface area contributed by atoms with Gasteiger partial charge in [-0.2, -0.15) is 0 Å². The average molecular weight is 305 g/mol. The van der Waals surface area contributed by atoms with Crippen LogP contribution in [0.25, 0.3) is 10.8 Å². The lowest BCUT2D eigenvalue weighted by Crippen LogP contribution is -2.27. The van der Waals surface area contributed by atoms with Gasteiger partial charge in [-0.1, -0.05) is 0 Å². The molecule has 0 unspecified atom stereocenters. The van der Waals surface area contributed by atoms with Crippen molar-refractivity contribution in [3.8, 4) is 5.75 Å². The van der Waals surface area contributed by atoms with Crippen LogP contribution in [0.4, 0.5) is 11.5 Å². The first-order valence-electron chi connectivity index (χ1n) is 6.37. The fraction of sp³-hybridized carbons (Fsp3) is 0.286. The number of nitrogens with zero attached hydrogens (tertiary/aromatic N) is 3. The van der Waals surface area contributed by atoms with Gasteiger partial charge in [0.25, 0.3) is 5.69 Å². The molecule has 0 aliphatic heterocycles. The molecule has 0 radical (unpaired) electrons. The molecule has 0 aliphatic carbocycles. The largest absolute Gasteiger partial charge is 0.496 e. The summed E-state index contributed by atoms with van der Waals surface area (Å²) in [6, 6.07) is 4.53. The Hall–Kier alpha value is -2.90. The van der Waals surface area contributed by atoms with Gasteiger partial charge in [0.1, 0.15) is 23.5 Å². The SMILES string of the molecule is COC(=O)CN(C)c1nccc2c(OC)ccc([N+](=O)[O-])c12. The van der Waals surface area contributed by atoms with E-state index in [0.29, 0.717) is 22.3 Å². The van der Waals surface area contributed by atoms with E-state index in [9.17, 15) is 14.9 Å². The Bertz CT molecular complexity index is 732. The maximum atomic E-state index is 11.4. The van der Waals surface area contributed by atoms with E-state index in [0.717, 1.165) is 0 Å². The maximum absolute atomic E-state index is 11.4. The van der Waals surface area contributed by atoms with E-state index in [-0.39, 0.29) is 12.2 Å². The second-order valence-corrected chi connectivity index (χ2v) is 4.53. The Morgan fingerprint density at radius 1 is 1.36 bits per heavy atom. The van der Waals surface area contributed by atoms with Crippen molar-refractivity contribution in [2.45, 2.75) is 0 Å². The van der Waals surface area contributed by atoms with Gasteiger partial charge in [-0.15, -0.1) is 0 Å². The van der Waals surface area contributed by atoms with E-state index in [4.69, 9.17) is 4.74 Å². The highest BCUT2D eigenvalue weighted by molar-refractivity contribution is 6.03. The lowest BCUT2D eigenvalue weighted by atomic mass is 10.1. The highest BCUT2D eigenvalue weighted by atomic mass is 16.6. The molecule has 2 aromatic rings. The Morgan fingerprint density at radius 3 is 2.68 bits per heavy atom. The minimum absolute atomic E-state index is 0.0724. The van der Waals surface area contributed by atoms with Gasteiger partial charge in [-0.25, -0.2) is 4.98 Å². The standard InChI is InChI=1S/C14H15N3O5/c1-16(8-12(18)22-3)14-13-9(6-7-15-14)11(21-2)5-4-10(13)17(19)20/h4-7H,8H2,1-3H3. The van der Waals surface area contributed by atoms with E-state index < -0.39 is 10.9 Å². The van der Waals surface area contributed by atoms with E-state index in [1.165, 1.54) is 37.4 Å². The summed E-state index contributed by atoms with van der Waals surface area (Å²) in [5, 5.41) is 12.2. The molecule has 8 heteroatoms. The molecule has 1 heterocycles. The zero-order valence-corrected chi connectivity index (χ0v) is 12.4. The summed E-state index contributed by atoms with van der Waals surface area (Å²) in [6.07, 6.45) is 1.51. The van der Waals surface area contributed by atoms with E-state index in [1.54, 1.807) is 13.1 Å². The number of aromatic nitrogens is 1. The minimum atomic E-state index is -0.487. The molecule has 0 atom stereocenters. The number of non-ortho nitro benzene ring substituents is 1. The number of nitro groups is 1.